The van der Waals surface area contributed by atoms with Crippen LogP contribution >= 0.6 is 0 Å². The van der Waals surface area contributed by atoms with E-state index in [9.17, 15) is 9.50 Å². The fourth-order valence-electron chi connectivity index (χ4n) is 5.27. The van der Waals surface area contributed by atoms with Crippen molar-refractivity contribution in [2.45, 2.75) is 56.6 Å². The van der Waals surface area contributed by atoms with Crippen LogP contribution in [0.15, 0.2) is 42.5 Å². The minimum atomic E-state index is -0.576. The van der Waals surface area contributed by atoms with E-state index in [1.165, 1.54) is 29.7 Å². The molecule has 1 saturated heterocycles. The smallest absolute Gasteiger partial charge is 0.123 e. The van der Waals surface area contributed by atoms with Crippen molar-refractivity contribution in [3.05, 3.63) is 65.0 Å². The third-order valence-electron chi connectivity index (χ3n) is 7.36. The summed E-state index contributed by atoms with van der Waals surface area (Å²) in [6, 6.07) is 14.2. The molecule has 0 aromatic heterocycles. The molecule has 0 unspecified atom stereocenters. The molecule has 2 heterocycles. The highest BCUT2D eigenvalue weighted by Gasteiger charge is 2.38. The summed E-state index contributed by atoms with van der Waals surface area (Å²) in [5.74, 6) is -0.159. The number of aliphatic hydroxyl groups is 1. The molecule has 1 aliphatic carbocycles. The first-order chi connectivity index (χ1) is 14.1. The SMILES string of the molecule is OC1(c2ccc3c(c2)N(C2CCN(CCc4ccc(F)cc4)CC2)CC3)CCC1. The molecule has 5 rings (SSSR count). The van der Waals surface area contributed by atoms with Crippen molar-refractivity contribution in [3.63, 3.8) is 0 Å². The minimum Gasteiger partial charge on any atom is -0.385 e. The molecule has 4 heteroatoms. The van der Waals surface area contributed by atoms with Crippen LogP contribution in [0.1, 0.15) is 48.8 Å². The van der Waals surface area contributed by atoms with Gasteiger partial charge in [-0.2, -0.15) is 0 Å². The van der Waals surface area contributed by atoms with Crippen molar-refractivity contribution in [1.29, 1.82) is 0 Å². The lowest BCUT2D eigenvalue weighted by molar-refractivity contribution is -0.0387. The zero-order valence-electron chi connectivity index (χ0n) is 17.1. The zero-order chi connectivity index (χ0) is 19.8. The van der Waals surface area contributed by atoms with E-state index in [1.54, 1.807) is 12.1 Å². The van der Waals surface area contributed by atoms with Crippen molar-refractivity contribution < 1.29 is 9.50 Å². The number of nitrogens with zero attached hydrogens (tertiary/aromatic N) is 2. The quantitative estimate of drug-likeness (QED) is 0.821. The maximum Gasteiger partial charge on any atom is 0.123 e. The van der Waals surface area contributed by atoms with Gasteiger partial charge in [0.25, 0.3) is 0 Å². The fourth-order valence-corrected chi connectivity index (χ4v) is 5.27. The van der Waals surface area contributed by atoms with Crippen molar-refractivity contribution in [3.8, 4) is 0 Å². The van der Waals surface area contributed by atoms with Crippen LogP contribution in [0.25, 0.3) is 0 Å². The number of rotatable bonds is 5. The topological polar surface area (TPSA) is 26.7 Å². The van der Waals surface area contributed by atoms with E-state index >= 15 is 0 Å². The van der Waals surface area contributed by atoms with Crippen molar-refractivity contribution >= 4 is 5.69 Å². The lowest BCUT2D eigenvalue weighted by atomic mass is 9.75. The summed E-state index contributed by atoms with van der Waals surface area (Å²) in [6.07, 6.45) is 7.43. The van der Waals surface area contributed by atoms with Crippen LogP contribution in [0, 0.1) is 5.82 Å². The van der Waals surface area contributed by atoms with Crippen LogP contribution in [0.2, 0.25) is 0 Å². The molecule has 0 spiro atoms. The molecule has 0 bridgehead atoms. The highest BCUT2D eigenvalue weighted by molar-refractivity contribution is 5.61. The number of likely N-dealkylation sites (tertiary alicyclic amines) is 1. The maximum absolute atomic E-state index is 13.1. The zero-order valence-corrected chi connectivity index (χ0v) is 17.1. The molecule has 2 fully saturated rings. The molecular formula is C25H31FN2O. The van der Waals surface area contributed by atoms with Gasteiger partial charge in [0, 0.05) is 37.9 Å². The van der Waals surface area contributed by atoms with Gasteiger partial charge >= 0.3 is 0 Å². The Morgan fingerprint density at radius 3 is 2.45 bits per heavy atom. The summed E-state index contributed by atoms with van der Waals surface area (Å²) in [5.41, 5.74) is 4.56. The maximum atomic E-state index is 13.1. The summed E-state index contributed by atoms with van der Waals surface area (Å²) < 4.78 is 13.1. The molecule has 1 saturated carbocycles. The number of anilines is 1. The van der Waals surface area contributed by atoms with Gasteiger partial charge in [0.2, 0.25) is 0 Å². The van der Waals surface area contributed by atoms with Gasteiger partial charge in [-0.15, -0.1) is 0 Å². The molecule has 1 N–H and O–H groups in total. The van der Waals surface area contributed by atoms with E-state index in [4.69, 9.17) is 0 Å². The van der Waals surface area contributed by atoms with Crippen LogP contribution in [0.3, 0.4) is 0 Å². The molecular weight excluding hydrogens is 363 g/mol. The van der Waals surface area contributed by atoms with E-state index in [1.807, 2.05) is 12.1 Å². The number of hydrogen-bond donors (Lipinski definition) is 1. The fraction of sp³-hybridized carbons (Fsp3) is 0.520. The van der Waals surface area contributed by atoms with Gasteiger partial charge in [-0.1, -0.05) is 24.3 Å². The Bertz CT molecular complexity index is 854. The van der Waals surface area contributed by atoms with E-state index in [-0.39, 0.29) is 5.82 Å². The van der Waals surface area contributed by atoms with Crippen LogP contribution in [-0.2, 0) is 18.4 Å². The largest absolute Gasteiger partial charge is 0.385 e. The number of piperidine rings is 1. The molecule has 29 heavy (non-hydrogen) atoms. The van der Waals surface area contributed by atoms with Crippen molar-refractivity contribution in [2.75, 3.05) is 31.1 Å². The Kier molecular flexibility index (Phi) is 5.09. The van der Waals surface area contributed by atoms with E-state index in [0.29, 0.717) is 6.04 Å². The predicted molar refractivity (Wildman–Crippen MR) is 115 cm³/mol. The Balaban J connectivity index is 1.19. The number of fused-ring (bicyclic) bond motifs is 1. The van der Waals surface area contributed by atoms with E-state index in [2.05, 4.69) is 28.0 Å². The molecule has 154 valence electrons. The van der Waals surface area contributed by atoms with Crippen LogP contribution in [0.4, 0.5) is 10.1 Å². The van der Waals surface area contributed by atoms with Gasteiger partial charge in [-0.25, -0.2) is 4.39 Å². The van der Waals surface area contributed by atoms with Gasteiger partial charge in [-0.3, -0.25) is 0 Å². The normalized spacial score (nSPS) is 21.8. The molecule has 3 aliphatic rings. The van der Waals surface area contributed by atoms with Gasteiger partial charge in [0.1, 0.15) is 5.82 Å². The van der Waals surface area contributed by atoms with Crippen molar-refractivity contribution in [2.24, 2.45) is 0 Å². The average Bonchev–Trinajstić information content (AvgIpc) is 3.15. The molecule has 2 aromatic carbocycles. The number of halogens is 1. The highest BCUT2D eigenvalue weighted by Crippen LogP contribution is 2.44. The highest BCUT2D eigenvalue weighted by atomic mass is 19.1. The Hall–Kier alpha value is -1.91. The first-order valence-electron chi connectivity index (χ1n) is 11.2. The second kappa shape index (κ2) is 7.73. The summed E-state index contributed by atoms with van der Waals surface area (Å²) in [6.45, 7) is 4.41. The first kappa shape index (κ1) is 19.1. The lowest BCUT2D eigenvalue weighted by Crippen LogP contribution is -2.45. The third-order valence-corrected chi connectivity index (χ3v) is 7.36. The molecule has 2 aliphatic heterocycles. The molecule has 0 radical (unpaired) electrons. The summed E-state index contributed by atoms with van der Waals surface area (Å²) >= 11 is 0. The minimum absolute atomic E-state index is 0.159. The third kappa shape index (κ3) is 3.80. The standard InChI is InChI=1S/C25H31FN2O/c26-22-6-2-19(3-7-22)8-14-27-15-10-23(11-16-27)28-17-9-20-4-5-21(18-24(20)28)25(29)12-1-13-25/h2-7,18,23,29H,1,8-17H2. The van der Waals surface area contributed by atoms with Gasteiger partial charge in [0.05, 0.1) is 5.60 Å². The Labute approximate surface area is 173 Å². The average molecular weight is 395 g/mol. The number of hydrogen-bond acceptors (Lipinski definition) is 3. The second-order valence-corrected chi connectivity index (χ2v) is 9.12. The van der Waals surface area contributed by atoms with Gasteiger partial charge in [-0.05, 0) is 79.8 Å². The van der Waals surface area contributed by atoms with E-state index < -0.39 is 5.60 Å². The lowest BCUT2D eigenvalue weighted by Gasteiger charge is -2.40. The van der Waals surface area contributed by atoms with Crippen LogP contribution in [0.5, 0.6) is 0 Å². The molecule has 0 amide bonds. The van der Waals surface area contributed by atoms with Gasteiger partial charge < -0.3 is 14.9 Å². The second-order valence-electron chi connectivity index (χ2n) is 9.12. The Morgan fingerprint density at radius 1 is 1.00 bits per heavy atom. The Morgan fingerprint density at radius 2 is 1.76 bits per heavy atom. The summed E-state index contributed by atoms with van der Waals surface area (Å²) in [4.78, 5) is 5.16. The first-order valence-corrected chi connectivity index (χ1v) is 11.2. The molecule has 3 nitrogen and oxygen atoms in total. The monoisotopic (exact) mass is 394 g/mol. The molecule has 2 aromatic rings. The van der Waals surface area contributed by atoms with Gasteiger partial charge in [0.15, 0.2) is 0 Å². The summed E-state index contributed by atoms with van der Waals surface area (Å²) in [5, 5.41) is 10.8. The van der Waals surface area contributed by atoms with Crippen LogP contribution in [-0.4, -0.2) is 42.2 Å². The molecule has 0 atom stereocenters. The predicted octanol–water partition coefficient (Wildman–Crippen LogP) is 4.27. The number of benzene rings is 2. The van der Waals surface area contributed by atoms with Crippen LogP contribution < -0.4 is 4.90 Å². The summed E-state index contributed by atoms with van der Waals surface area (Å²) in [7, 11) is 0. The van der Waals surface area contributed by atoms with E-state index in [0.717, 1.165) is 63.8 Å². The van der Waals surface area contributed by atoms with Crippen molar-refractivity contribution in [1.82, 2.24) is 4.90 Å².